The summed E-state index contributed by atoms with van der Waals surface area (Å²) in [6, 6.07) is 7.33. The molecule has 2 aliphatic rings. The maximum atomic E-state index is 10.7. The lowest BCUT2D eigenvalue weighted by Crippen LogP contribution is -2.44. The van der Waals surface area contributed by atoms with Gasteiger partial charge in [-0.1, -0.05) is 24.3 Å². The molecule has 1 aromatic rings. The summed E-state index contributed by atoms with van der Waals surface area (Å²) in [6.07, 6.45) is 6.51. The molecule has 6 heteroatoms. The van der Waals surface area contributed by atoms with Gasteiger partial charge in [-0.05, 0) is 5.56 Å². The Kier molecular flexibility index (Phi) is 4.41. The number of rotatable bonds is 5. The van der Waals surface area contributed by atoms with E-state index in [0.717, 1.165) is 17.7 Å². The number of hydrogen-bond donors (Lipinski definition) is 1. The molecular weight excluding hydrogens is 282 g/mol. The van der Waals surface area contributed by atoms with Gasteiger partial charge in [-0.2, -0.15) is 0 Å². The molecule has 0 saturated carbocycles. The number of nitrogens with zero attached hydrogens (tertiary/aromatic N) is 3. The van der Waals surface area contributed by atoms with Gasteiger partial charge < -0.3 is 14.7 Å². The Morgan fingerprint density at radius 2 is 2.18 bits per heavy atom. The van der Waals surface area contributed by atoms with Gasteiger partial charge in [0.15, 0.2) is 0 Å². The van der Waals surface area contributed by atoms with Crippen LogP contribution in [0.1, 0.15) is 28.4 Å². The average molecular weight is 299 g/mol. The molecule has 1 N–H and O–H groups in total. The summed E-state index contributed by atoms with van der Waals surface area (Å²) in [5.41, 5.74) is 1.67. The van der Waals surface area contributed by atoms with E-state index in [1.807, 2.05) is 23.2 Å². The van der Waals surface area contributed by atoms with E-state index in [9.17, 15) is 4.79 Å². The normalized spacial score (nSPS) is 23.1. The molecule has 2 heterocycles. The first kappa shape index (κ1) is 14.6. The lowest BCUT2D eigenvalue weighted by atomic mass is 10.00. The third-order valence-electron chi connectivity index (χ3n) is 3.65. The third-order valence-corrected chi connectivity index (χ3v) is 3.65. The van der Waals surface area contributed by atoms with Gasteiger partial charge in [0.2, 0.25) is 0 Å². The number of carbonyl (C=O) groups is 1. The van der Waals surface area contributed by atoms with Crippen molar-refractivity contribution in [2.24, 2.45) is 9.98 Å². The molecule has 0 aromatic heterocycles. The van der Waals surface area contributed by atoms with Crippen LogP contribution in [0.2, 0.25) is 0 Å². The first-order chi connectivity index (χ1) is 10.8. The molecule has 2 atom stereocenters. The molecule has 2 aliphatic heterocycles. The van der Waals surface area contributed by atoms with Crippen LogP contribution in [-0.2, 0) is 4.74 Å². The standard InChI is InChI=1S/C16H17N3O3/c20-7-8-22-16-9-14(13-3-1-12(11-21)2-4-13)18-15-10-17-5-6-19(15)16/h1-6,10-11,14,16,20H,7-9H2. The van der Waals surface area contributed by atoms with Crippen LogP contribution in [0.4, 0.5) is 0 Å². The Bertz CT molecular complexity index is 622. The molecule has 0 bridgehead atoms. The maximum absolute atomic E-state index is 10.7. The highest BCUT2D eigenvalue weighted by Crippen LogP contribution is 2.31. The van der Waals surface area contributed by atoms with Crippen molar-refractivity contribution >= 4 is 18.3 Å². The van der Waals surface area contributed by atoms with E-state index in [-0.39, 0.29) is 25.5 Å². The molecule has 0 radical (unpaired) electrons. The monoisotopic (exact) mass is 299 g/mol. The van der Waals surface area contributed by atoms with E-state index in [1.54, 1.807) is 24.5 Å². The largest absolute Gasteiger partial charge is 0.394 e. The maximum Gasteiger partial charge on any atom is 0.150 e. The Hall–Kier alpha value is -2.31. The molecule has 0 aliphatic carbocycles. The van der Waals surface area contributed by atoms with E-state index in [0.29, 0.717) is 12.0 Å². The van der Waals surface area contributed by atoms with Gasteiger partial charge >= 0.3 is 0 Å². The van der Waals surface area contributed by atoms with Gasteiger partial charge in [0, 0.05) is 24.4 Å². The number of carbonyl (C=O) groups excluding carboxylic acids is 1. The number of aliphatic imine (C=N–C) groups is 2. The van der Waals surface area contributed by atoms with Crippen molar-refractivity contribution in [2.75, 3.05) is 13.2 Å². The Morgan fingerprint density at radius 1 is 1.36 bits per heavy atom. The van der Waals surface area contributed by atoms with E-state index < -0.39 is 0 Å². The molecule has 0 spiro atoms. The topological polar surface area (TPSA) is 74.5 Å². The molecular formula is C16H17N3O3. The number of amidine groups is 1. The fraction of sp³-hybridized carbons (Fsp3) is 0.312. The number of benzene rings is 1. The third kappa shape index (κ3) is 2.98. The summed E-state index contributed by atoms with van der Waals surface area (Å²) >= 11 is 0. The van der Waals surface area contributed by atoms with Crippen LogP contribution < -0.4 is 0 Å². The fourth-order valence-corrected chi connectivity index (χ4v) is 2.57. The van der Waals surface area contributed by atoms with Crippen LogP contribution in [0.3, 0.4) is 0 Å². The van der Waals surface area contributed by atoms with Gasteiger partial charge in [0.1, 0.15) is 18.3 Å². The van der Waals surface area contributed by atoms with Gasteiger partial charge in [-0.3, -0.25) is 14.8 Å². The van der Waals surface area contributed by atoms with Crippen LogP contribution in [0.5, 0.6) is 0 Å². The van der Waals surface area contributed by atoms with Crippen LogP contribution in [0, 0.1) is 0 Å². The molecule has 114 valence electrons. The lowest BCUT2D eigenvalue weighted by molar-refractivity contribution is -0.0359. The zero-order valence-electron chi connectivity index (χ0n) is 12.0. The summed E-state index contributed by atoms with van der Waals surface area (Å²) in [4.78, 5) is 21.5. The highest BCUT2D eigenvalue weighted by atomic mass is 16.5. The van der Waals surface area contributed by atoms with Gasteiger partial charge in [-0.25, -0.2) is 0 Å². The number of aliphatic hydroxyl groups is 1. The number of hydrogen-bond acceptors (Lipinski definition) is 6. The highest BCUT2D eigenvalue weighted by molar-refractivity contribution is 6.30. The number of fused-ring (bicyclic) bond motifs is 1. The zero-order valence-corrected chi connectivity index (χ0v) is 12.0. The minimum Gasteiger partial charge on any atom is -0.394 e. The second kappa shape index (κ2) is 6.64. The van der Waals surface area contributed by atoms with Crippen molar-refractivity contribution in [3.8, 4) is 0 Å². The van der Waals surface area contributed by atoms with Crippen LogP contribution in [0.25, 0.3) is 0 Å². The molecule has 0 amide bonds. The summed E-state index contributed by atoms with van der Waals surface area (Å²) < 4.78 is 5.72. The van der Waals surface area contributed by atoms with E-state index >= 15 is 0 Å². The van der Waals surface area contributed by atoms with Crippen LogP contribution in [-0.4, -0.2) is 47.8 Å². The molecule has 0 saturated heterocycles. The molecule has 0 fully saturated rings. The number of aldehydes is 1. The smallest absolute Gasteiger partial charge is 0.150 e. The summed E-state index contributed by atoms with van der Waals surface area (Å²) in [5.74, 6) is 0.737. The predicted molar refractivity (Wildman–Crippen MR) is 82.9 cm³/mol. The number of aliphatic hydroxyl groups excluding tert-OH is 1. The van der Waals surface area contributed by atoms with Gasteiger partial charge in [0.25, 0.3) is 0 Å². The quantitative estimate of drug-likeness (QED) is 0.837. The van der Waals surface area contributed by atoms with E-state index in [4.69, 9.17) is 14.8 Å². The van der Waals surface area contributed by atoms with Crippen molar-refractivity contribution in [1.29, 1.82) is 0 Å². The zero-order chi connectivity index (χ0) is 15.4. The first-order valence-corrected chi connectivity index (χ1v) is 7.15. The Labute approximate surface area is 128 Å². The first-order valence-electron chi connectivity index (χ1n) is 7.15. The molecule has 2 unspecified atom stereocenters. The Balaban J connectivity index is 1.86. The SMILES string of the molecule is O=Cc1ccc(C2CC(OCCO)N3C=CN=CC3=N2)cc1. The van der Waals surface area contributed by atoms with Crippen LogP contribution in [0.15, 0.2) is 46.7 Å². The van der Waals surface area contributed by atoms with Crippen molar-refractivity contribution < 1.29 is 14.6 Å². The molecule has 3 rings (SSSR count). The van der Waals surface area contributed by atoms with Crippen molar-refractivity contribution in [2.45, 2.75) is 18.7 Å². The second-order valence-corrected chi connectivity index (χ2v) is 5.06. The fourth-order valence-electron chi connectivity index (χ4n) is 2.57. The average Bonchev–Trinajstić information content (AvgIpc) is 2.59. The van der Waals surface area contributed by atoms with Crippen molar-refractivity contribution in [1.82, 2.24) is 4.90 Å². The number of ether oxygens (including phenoxy) is 1. The summed E-state index contributed by atoms with van der Waals surface area (Å²) in [5, 5.41) is 8.98. The minimum absolute atomic E-state index is 0.0205. The van der Waals surface area contributed by atoms with Crippen molar-refractivity contribution in [3.05, 3.63) is 47.8 Å². The summed E-state index contributed by atoms with van der Waals surface area (Å²) in [6.45, 7) is 0.254. The van der Waals surface area contributed by atoms with E-state index in [2.05, 4.69) is 4.99 Å². The molecule has 6 nitrogen and oxygen atoms in total. The minimum atomic E-state index is -0.196. The summed E-state index contributed by atoms with van der Waals surface area (Å²) in [7, 11) is 0. The lowest BCUT2D eigenvalue weighted by Gasteiger charge is -2.37. The highest BCUT2D eigenvalue weighted by Gasteiger charge is 2.30. The molecule has 22 heavy (non-hydrogen) atoms. The second-order valence-electron chi connectivity index (χ2n) is 5.06. The van der Waals surface area contributed by atoms with E-state index in [1.165, 1.54) is 0 Å². The van der Waals surface area contributed by atoms with Crippen LogP contribution >= 0.6 is 0 Å². The Morgan fingerprint density at radius 3 is 2.91 bits per heavy atom. The van der Waals surface area contributed by atoms with Gasteiger partial charge in [0.05, 0.1) is 25.5 Å². The predicted octanol–water partition coefficient (Wildman–Crippen LogP) is 1.54. The van der Waals surface area contributed by atoms with Crippen molar-refractivity contribution in [3.63, 3.8) is 0 Å². The molecule has 1 aromatic carbocycles. The van der Waals surface area contributed by atoms with Gasteiger partial charge in [-0.15, -0.1) is 0 Å².